The highest BCUT2D eigenvalue weighted by Gasteiger charge is 2.00. The quantitative estimate of drug-likeness (QED) is 0.337. The molecule has 0 spiro atoms. The van der Waals surface area contributed by atoms with Crippen LogP contribution in [0, 0.1) is 0 Å². The number of carbonyl (C=O) groups is 2. The smallest absolute Gasteiger partial charge is 0.281 e. The summed E-state index contributed by atoms with van der Waals surface area (Å²) in [7, 11) is 0. The van der Waals surface area contributed by atoms with Crippen LogP contribution in [0.25, 0.3) is 0 Å². The first-order valence-corrected chi connectivity index (χ1v) is 7.68. The Morgan fingerprint density at radius 3 is 1.58 bits per heavy atom. The average molecular weight is 306 g/mol. The van der Waals surface area contributed by atoms with E-state index in [-0.39, 0.29) is 12.1 Å². The normalized spacial score (nSPS) is 11.8. The van der Waals surface area contributed by atoms with E-state index in [0.29, 0.717) is 17.8 Å². The predicted octanol–water partition coefficient (Wildman–Crippen LogP) is 1.28. The van der Waals surface area contributed by atoms with Gasteiger partial charge in [-0.15, -0.1) is 0 Å². The Bertz CT molecular complexity index is 338. The Kier molecular flexibility index (Phi) is 9.71. The molecule has 4 N–H and O–H groups in total. The molecular weight excluding hydrogens is 288 g/mol. The van der Waals surface area contributed by atoms with Crippen molar-refractivity contribution >= 4 is 47.4 Å². The molecule has 0 radical (unpaired) electrons. The number of nitrogens with one attached hydrogen (secondary N) is 4. The van der Waals surface area contributed by atoms with Crippen molar-refractivity contribution in [2.24, 2.45) is 10.2 Å². The molecule has 0 aliphatic rings. The molecule has 108 valence electrons. The fourth-order valence-electron chi connectivity index (χ4n) is 0.973. The van der Waals surface area contributed by atoms with Gasteiger partial charge in [0, 0.05) is 30.4 Å². The summed E-state index contributed by atoms with van der Waals surface area (Å²) < 4.78 is 4.94. The molecule has 0 aliphatic carbocycles. The van der Waals surface area contributed by atoms with Crippen LogP contribution in [-0.2, 0) is 0 Å². The van der Waals surface area contributed by atoms with E-state index < -0.39 is 0 Å². The molecule has 0 saturated heterocycles. The maximum atomic E-state index is 11.1. The molecule has 0 aromatic heterocycles. The molecule has 0 rings (SSSR count). The summed E-state index contributed by atoms with van der Waals surface area (Å²) in [6, 6.07) is -0.780. The SMILES string of the molecule is CSNC(=O)N/N=C(\C)C/C(C)=N/NC(=O)NSC. The van der Waals surface area contributed by atoms with Crippen LogP contribution in [0.5, 0.6) is 0 Å². The van der Waals surface area contributed by atoms with Crippen molar-refractivity contribution in [3.63, 3.8) is 0 Å². The van der Waals surface area contributed by atoms with Crippen LogP contribution in [0.2, 0.25) is 0 Å². The van der Waals surface area contributed by atoms with Crippen LogP contribution in [-0.4, -0.2) is 36.0 Å². The summed E-state index contributed by atoms with van der Waals surface area (Å²) in [5, 5.41) is 7.75. The Labute approximate surface area is 120 Å². The third kappa shape index (κ3) is 10.2. The van der Waals surface area contributed by atoms with Gasteiger partial charge >= 0.3 is 12.1 Å². The summed E-state index contributed by atoms with van der Waals surface area (Å²) in [6.07, 6.45) is 3.91. The first-order chi connectivity index (χ1) is 8.99. The molecule has 0 bridgehead atoms. The van der Waals surface area contributed by atoms with E-state index >= 15 is 0 Å². The lowest BCUT2D eigenvalue weighted by Gasteiger charge is -2.04. The standard InChI is InChI=1S/C9H18N6O2S2/c1-6(10-12-8(16)14-18-3)5-7(2)11-13-9(17)15-19-4/h5H2,1-4H3,(H2,12,14,16)(H2,13,15,17)/b10-6+,11-7+. The van der Waals surface area contributed by atoms with E-state index in [1.54, 1.807) is 26.4 Å². The van der Waals surface area contributed by atoms with Gasteiger partial charge in [-0.3, -0.25) is 9.44 Å². The zero-order chi connectivity index (χ0) is 14.7. The molecule has 4 amide bonds. The molecular formula is C9H18N6O2S2. The van der Waals surface area contributed by atoms with Gasteiger partial charge in [-0.1, -0.05) is 23.9 Å². The second kappa shape index (κ2) is 10.5. The van der Waals surface area contributed by atoms with Crippen LogP contribution in [0.1, 0.15) is 20.3 Å². The second-order valence-corrected chi connectivity index (χ2v) is 4.59. The van der Waals surface area contributed by atoms with Crippen molar-refractivity contribution in [2.75, 3.05) is 12.5 Å². The molecule has 19 heavy (non-hydrogen) atoms. The molecule has 0 aromatic rings. The summed E-state index contributed by atoms with van der Waals surface area (Å²) in [4.78, 5) is 22.1. The van der Waals surface area contributed by atoms with E-state index in [2.05, 4.69) is 30.5 Å². The van der Waals surface area contributed by atoms with Crippen molar-refractivity contribution in [1.82, 2.24) is 20.3 Å². The van der Waals surface area contributed by atoms with Gasteiger partial charge in [0.25, 0.3) is 0 Å². The zero-order valence-corrected chi connectivity index (χ0v) is 12.9. The Morgan fingerprint density at radius 2 is 1.26 bits per heavy atom. The van der Waals surface area contributed by atoms with Crippen molar-refractivity contribution in [3.05, 3.63) is 0 Å². The molecule has 0 aliphatic heterocycles. The number of hydrogen-bond acceptors (Lipinski definition) is 6. The highest BCUT2D eigenvalue weighted by Crippen LogP contribution is 1.90. The minimum absolute atomic E-state index is 0.390. The highest BCUT2D eigenvalue weighted by atomic mass is 32.2. The Balaban J connectivity index is 4.12. The third-order valence-corrected chi connectivity index (χ3v) is 2.38. The molecule has 0 aromatic carbocycles. The maximum absolute atomic E-state index is 11.1. The zero-order valence-electron chi connectivity index (χ0n) is 11.2. The van der Waals surface area contributed by atoms with Gasteiger partial charge in [-0.05, 0) is 13.8 Å². The lowest BCUT2D eigenvalue weighted by atomic mass is 10.2. The fraction of sp³-hybridized carbons (Fsp3) is 0.556. The van der Waals surface area contributed by atoms with Gasteiger partial charge < -0.3 is 0 Å². The Morgan fingerprint density at radius 1 is 0.895 bits per heavy atom. The van der Waals surface area contributed by atoms with Gasteiger partial charge in [-0.2, -0.15) is 10.2 Å². The number of amides is 4. The molecule has 0 fully saturated rings. The minimum atomic E-state index is -0.390. The third-order valence-electron chi connectivity index (χ3n) is 1.60. The van der Waals surface area contributed by atoms with Crippen LogP contribution < -0.4 is 20.3 Å². The number of nitrogens with zero attached hydrogens (tertiary/aromatic N) is 2. The van der Waals surface area contributed by atoms with Gasteiger partial charge in [0.1, 0.15) is 0 Å². The number of rotatable bonds is 6. The largest absolute Gasteiger partial charge is 0.345 e. The van der Waals surface area contributed by atoms with E-state index in [4.69, 9.17) is 0 Å². The van der Waals surface area contributed by atoms with Crippen LogP contribution in [0.3, 0.4) is 0 Å². The van der Waals surface area contributed by atoms with E-state index in [1.165, 1.54) is 23.9 Å². The lowest BCUT2D eigenvalue weighted by Crippen LogP contribution is -2.29. The second-order valence-electron chi connectivity index (χ2n) is 3.37. The minimum Gasteiger partial charge on any atom is -0.281 e. The summed E-state index contributed by atoms with van der Waals surface area (Å²) in [5.41, 5.74) is 6.01. The molecule has 10 heteroatoms. The molecule has 0 unspecified atom stereocenters. The number of hydrogen-bond donors (Lipinski definition) is 4. The van der Waals surface area contributed by atoms with Crippen LogP contribution in [0.15, 0.2) is 10.2 Å². The van der Waals surface area contributed by atoms with Gasteiger partial charge in [0.2, 0.25) is 0 Å². The predicted molar refractivity (Wildman–Crippen MR) is 81.2 cm³/mol. The number of urea groups is 2. The highest BCUT2D eigenvalue weighted by molar-refractivity contribution is 7.97. The van der Waals surface area contributed by atoms with E-state index in [9.17, 15) is 9.59 Å². The van der Waals surface area contributed by atoms with Gasteiger partial charge in [-0.25, -0.2) is 20.4 Å². The van der Waals surface area contributed by atoms with Crippen molar-refractivity contribution in [1.29, 1.82) is 0 Å². The number of carbonyl (C=O) groups excluding carboxylic acids is 2. The molecule has 0 atom stereocenters. The topological polar surface area (TPSA) is 107 Å². The van der Waals surface area contributed by atoms with E-state index in [0.717, 1.165) is 0 Å². The Hall–Kier alpha value is -1.42. The number of hydrazone groups is 2. The molecule has 0 saturated carbocycles. The average Bonchev–Trinajstić information content (AvgIpc) is 2.35. The summed E-state index contributed by atoms with van der Waals surface area (Å²) in [5.74, 6) is 0. The van der Waals surface area contributed by atoms with Crippen molar-refractivity contribution < 1.29 is 9.59 Å². The maximum Gasteiger partial charge on any atom is 0.345 e. The molecule has 8 nitrogen and oxygen atoms in total. The van der Waals surface area contributed by atoms with Crippen molar-refractivity contribution in [2.45, 2.75) is 20.3 Å². The van der Waals surface area contributed by atoms with E-state index in [1.807, 2.05) is 0 Å². The van der Waals surface area contributed by atoms with Crippen LogP contribution >= 0.6 is 23.9 Å². The first kappa shape index (κ1) is 17.6. The van der Waals surface area contributed by atoms with Crippen LogP contribution in [0.4, 0.5) is 9.59 Å². The summed E-state index contributed by atoms with van der Waals surface area (Å²) in [6.45, 7) is 3.50. The lowest BCUT2D eigenvalue weighted by molar-refractivity contribution is 0.246. The van der Waals surface area contributed by atoms with Gasteiger partial charge in [0.15, 0.2) is 0 Å². The van der Waals surface area contributed by atoms with Gasteiger partial charge in [0.05, 0.1) is 0 Å². The first-order valence-electron chi connectivity index (χ1n) is 5.23. The fourth-order valence-corrected chi connectivity index (χ4v) is 1.43. The summed E-state index contributed by atoms with van der Waals surface area (Å²) >= 11 is 2.36. The molecule has 0 heterocycles. The van der Waals surface area contributed by atoms with Crippen molar-refractivity contribution in [3.8, 4) is 0 Å². The monoisotopic (exact) mass is 306 g/mol.